The molecule has 1 aromatic rings. The van der Waals surface area contributed by atoms with Crippen LogP contribution in [0.25, 0.3) is 0 Å². The van der Waals surface area contributed by atoms with E-state index in [4.69, 9.17) is 4.74 Å². The standard InChI is InChI=1S/C17H28BrNO/c1-5-7-13(3)12-20-17-9-8-15(11-16(17)18)14(4)19-10-6-2/h8-9,11,13-14,19H,5-7,10,12H2,1-4H3. The largest absolute Gasteiger partial charge is 0.492 e. The summed E-state index contributed by atoms with van der Waals surface area (Å²) in [7, 11) is 0. The molecule has 0 aliphatic rings. The van der Waals surface area contributed by atoms with Crippen molar-refractivity contribution in [2.75, 3.05) is 13.2 Å². The highest BCUT2D eigenvalue weighted by molar-refractivity contribution is 9.10. The summed E-state index contributed by atoms with van der Waals surface area (Å²) in [6.07, 6.45) is 3.58. The van der Waals surface area contributed by atoms with Gasteiger partial charge in [0, 0.05) is 6.04 Å². The fourth-order valence-corrected chi connectivity index (χ4v) is 2.70. The molecule has 0 fully saturated rings. The van der Waals surface area contributed by atoms with E-state index in [2.05, 4.69) is 67.1 Å². The zero-order chi connectivity index (χ0) is 15.0. The minimum absolute atomic E-state index is 0.374. The maximum absolute atomic E-state index is 5.90. The number of hydrogen-bond donors (Lipinski definition) is 1. The Morgan fingerprint density at radius 3 is 2.55 bits per heavy atom. The van der Waals surface area contributed by atoms with Gasteiger partial charge in [0.15, 0.2) is 0 Å². The molecule has 0 bridgehead atoms. The molecule has 0 saturated carbocycles. The van der Waals surface area contributed by atoms with E-state index in [9.17, 15) is 0 Å². The predicted molar refractivity (Wildman–Crippen MR) is 90.4 cm³/mol. The predicted octanol–water partition coefficient (Wildman–Crippen LogP) is 5.32. The van der Waals surface area contributed by atoms with Gasteiger partial charge in [-0.1, -0.05) is 33.3 Å². The molecule has 3 heteroatoms. The van der Waals surface area contributed by atoms with Gasteiger partial charge in [0.25, 0.3) is 0 Å². The first-order valence-corrected chi connectivity index (χ1v) is 8.53. The van der Waals surface area contributed by atoms with Gasteiger partial charge in [0.1, 0.15) is 5.75 Å². The third kappa shape index (κ3) is 5.84. The zero-order valence-electron chi connectivity index (χ0n) is 13.2. The van der Waals surface area contributed by atoms with Crippen LogP contribution in [0.5, 0.6) is 5.75 Å². The molecule has 1 aromatic carbocycles. The van der Waals surface area contributed by atoms with Crippen LogP contribution in [0.4, 0.5) is 0 Å². The third-order valence-corrected chi connectivity index (χ3v) is 4.08. The van der Waals surface area contributed by atoms with E-state index in [0.29, 0.717) is 12.0 Å². The molecule has 0 saturated heterocycles. The van der Waals surface area contributed by atoms with Crippen molar-refractivity contribution in [3.05, 3.63) is 28.2 Å². The Morgan fingerprint density at radius 1 is 1.20 bits per heavy atom. The Morgan fingerprint density at radius 2 is 1.95 bits per heavy atom. The van der Waals surface area contributed by atoms with E-state index >= 15 is 0 Å². The van der Waals surface area contributed by atoms with Crippen LogP contribution in [0.15, 0.2) is 22.7 Å². The summed E-state index contributed by atoms with van der Waals surface area (Å²) >= 11 is 3.62. The summed E-state index contributed by atoms with van der Waals surface area (Å²) in [6.45, 7) is 10.7. The topological polar surface area (TPSA) is 21.3 Å². The minimum Gasteiger partial charge on any atom is -0.492 e. The van der Waals surface area contributed by atoms with E-state index in [1.54, 1.807) is 0 Å². The second-order valence-electron chi connectivity index (χ2n) is 5.57. The van der Waals surface area contributed by atoms with Gasteiger partial charge in [-0.25, -0.2) is 0 Å². The molecular weight excluding hydrogens is 314 g/mol. The van der Waals surface area contributed by atoms with E-state index in [0.717, 1.165) is 29.8 Å². The van der Waals surface area contributed by atoms with Gasteiger partial charge in [0.2, 0.25) is 0 Å². The number of ether oxygens (including phenoxy) is 1. The van der Waals surface area contributed by atoms with Crippen molar-refractivity contribution in [3.63, 3.8) is 0 Å². The van der Waals surface area contributed by atoms with Gasteiger partial charge in [-0.2, -0.15) is 0 Å². The van der Waals surface area contributed by atoms with E-state index in [1.165, 1.54) is 18.4 Å². The van der Waals surface area contributed by atoms with Crippen molar-refractivity contribution < 1.29 is 4.74 Å². The van der Waals surface area contributed by atoms with Crippen molar-refractivity contribution in [3.8, 4) is 5.75 Å². The minimum atomic E-state index is 0.374. The van der Waals surface area contributed by atoms with E-state index in [-0.39, 0.29) is 0 Å². The molecule has 0 radical (unpaired) electrons. The molecule has 0 heterocycles. The van der Waals surface area contributed by atoms with Crippen molar-refractivity contribution >= 4 is 15.9 Å². The average molecular weight is 342 g/mol. The lowest BCUT2D eigenvalue weighted by Gasteiger charge is -2.17. The monoisotopic (exact) mass is 341 g/mol. The number of hydrogen-bond acceptors (Lipinski definition) is 2. The smallest absolute Gasteiger partial charge is 0.133 e. The van der Waals surface area contributed by atoms with Crippen LogP contribution in [0.3, 0.4) is 0 Å². The van der Waals surface area contributed by atoms with Gasteiger partial charge >= 0.3 is 0 Å². The molecular formula is C17H28BrNO. The normalized spacial score (nSPS) is 14.1. The van der Waals surface area contributed by atoms with Crippen LogP contribution in [0.1, 0.15) is 58.6 Å². The molecule has 1 N–H and O–H groups in total. The molecule has 114 valence electrons. The molecule has 0 amide bonds. The highest BCUT2D eigenvalue weighted by atomic mass is 79.9. The van der Waals surface area contributed by atoms with Crippen LogP contribution in [0.2, 0.25) is 0 Å². The Kier molecular flexibility index (Phi) is 8.24. The molecule has 1 rings (SSSR count). The van der Waals surface area contributed by atoms with Gasteiger partial charge in [-0.05, 0) is 65.9 Å². The molecule has 20 heavy (non-hydrogen) atoms. The second kappa shape index (κ2) is 9.41. The van der Waals surface area contributed by atoms with E-state index < -0.39 is 0 Å². The Hall–Kier alpha value is -0.540. The summed E-state index contributed by atoms with van der Waals surface area (Å²) in [5.74, 6) is 1.55. The molecule has 0 aliphatic carbocycles. The Labute approximate surface area is 132 Å². The molecule has 2 nitrogen and oxygen atoms in total. The van der Waals surface area contributed by atoms with Crippen LogP contribution >= 0.6 is 15.9 Å². The number of benzene rings is 1. The SMILES string of the molecule is CCCNC(C)c1ccc(OCC(C)CCC)c(Br)c1. The first-order chi connectivity index (χ1) is 9.58. The zero-order valence-corrected chi connectivity index (χ0v) is 14.8. The molecule has 0 aliphatic heterocycles. The lowest BCUT2D eigenvalue weighted by atomic mass is 10.1. The number of rotatable bonds is 9. The summed E-state index contributed by atoms with van der Waals surface area (Å²) < 4.78 is 6.94. The second-order valence-corrected chi connectivity index (χ2v) is 6.42. The summed E-state index contributed by atoms with van der Waals surface area (Å²) in [4.78, 5) is 0. The highest BCUT2D eigenvalue weighted by Crippen LogP contribution is 2.29. The summed E-state index contributed by atoms with van der Waals surface area (Å²) in [5.41, 5.74) is 1.29. The fourth-order valence-electron chi connectivity index (χ4n) is 2.19. The van der Waals surface area contributed by atoms with Crippen molar-refractivity contribution in [1.29, 1.82) is 0 Å². The first-order valence-electron chi connectivity index (χ1n) is 7.74. The highest BCUT2D eigenvalue weighted by Gasteiger charge is 2.09. The lowest BCUT2D eigenvalue weighted by molar-refractivity contribution is 0.250. The number of nitrogens with one attached hydrogen (secondary N) is 1. The van der Waals surface area contributed by atoms with Crippen LogP contribution in [-0.2, 0) is 0 Å². The average Bonchev–Trinajstić information content (AvgIpc) is 2.43. The van der Waals surface area contributed by atoms with Gasteiger partial charge in [0.05, 0.1) is 11.1 Å². The Bertz CT molecular complexity index is 395. The van der Waals surface area contributed by atoms with Crippen molar-refractivity contribution in [2.45, 2.75) is 53.0 Å². The molecule has 0 spiro atoms. The van der Waals surface area contributed by atoms with Gasteiger partial charge in [-0.3, -0.25) is 0 Å². The van der Waals surface area contributed by atoms with Crippen LogP contribution < -0.4 is 10.1 Å². The lowest BCUT2D eigenvalue weighted by Crippen LogP contribution is -2.19. The van der Waals surface area contributed by atoms with E-state index in [1.807, 2.05) is 0 Å². The molecule has 2 unspecified atom stereocenters. The van der Waals surface area contributed by atoms with Crippen molar-refractivity contribution in [2.24, 2.45) is 5.92 Å². The summed E-state index contributed by atoms with van der Waals surface area (Å²) in [5, 5.41) is 3.50. The third-order valence-electron chi connectivity index (χ3n) is 3.46. The quantitative estimate of drug-likeness (QED) is 0.655. The van der Waals surface area contributed by atoms with Gasteiger partial charge in [-0.15, -0.1) is 0 Å². The first kappa shape index (κ1) is 17.5. The fraction of sp³-hybridized carbons (Fsp3) is 0.647. The maximum atomic E-state index is 5.90. The summed E-state index contributed by atoms with van der Waals surface area (Å²) in [6, 6.07) is 6.76. The molecule has 0 aromatic heterocycles. The molecule has 2 atom stereocenters. The van der Waals surface area contributed by atoms with Crippen molar-refractivity contribution in [1.82, 2.24) is 5.32 Å². The van der Waals surface area contributed by atoms with Crippen LogP contribution in [0, 0.1) is 5.92 Å². The number of halogens is 1. The van der Waals surface area contributed by atoms with Gasteiger partial charge < -0.3 is 10.1 Å². The maximum Gasteiger partial charge on any atom is 0.133 e. The van der Waals surface area contributed by atoms with Crippen LogP contribution in [-0.4, -0.2) is 13.2 Å². The Balaban J connectivity index is 2.59.